The third-order valence-electron chi connectivity index (χ3n) is 5.30. The maximum Gasteiger partial charge on any atom is 0.253 e. The summed E-state index contributed by atoms with van der Waals surface area (Å²) in [6.45, 7) is 3.53. The summed E-state index contributed by atoms with van der Waals surface area (Å²) in [4.78, 5) is 28.4. The lowest BCUT2D eigenvalue weighted by molar-refractivity contribution is -0.122. The maximum absolute atomic E-state index is 12.4. The number of rotatable bonds is 10. The molecule has 1 N–H and O–H groups in total. The molecule has 1 saturated heterocycles. The quantitative estimate of drug-likeness (QED) is 0.634. The number of nitrogens with one attached hydrogen (secondary N) is 1. The van der Waals surface area contributed by atoms with Gasteiger partial charge in [-0.05, 0) is 61.9 Å². The molecule has 2 aromatic rings. The minimum atomic E-state index is -0.0517. The number of ether oxygens (including phenoxy) is 2. The van der Waals surface area contributed by atoms with Crippen LogP contribution in [0.1, 0.15) is 28.8 Å². The Balaban J connectivity index is 1.34. The first-order chi connectivity index (χ1) is 15.0. The highest BCUT2D eigenvalue weighted by molar-refractivity contribution is 5.94. The molecule has 7 heteroatoms. The van der Waals surface area contributed by atoms with Crippen LogP contribution in [0.3, 0.4) is 0 Å². The molecule has 0 aromatic heterocycles. The SMILES string of the molecule is COc1ccc(OCCN(C)CC(=O)NCc2ccc(C(=O)N3CCCC3)cc2)cc1. The number of carbonyl (C=O) groups is 2. The fourth-order valence-corrected chi connectivity index (χ4v) is 3.44. The van der Waals surface area contributed by atoms with E-state index in [1.54, 1.807) is 7.11 Å². The number of amides is 2. The van der Waals surface area contributed by atoms with Gasteiger partial charge in [0.15, 0.2) is 0 Å². The maximum atomic E-state index is 12.4. The average Bonchev–Trinajstić information content (AvgIpc) is 3.33. The van der Waals surface area contributed by atoms with Gasteiger partial charge in [-0.1, -0.05) is 12.1 Å². The van der Waals surface area contributed by atoms with E-state index in [1.165, 1.54) is 0 Å². The molecule has 0 bridgehead atoms. The molecule has 0 spiro atoms. The molecule has 2 amide bonds. The van der Waals surface area contributed by atoms with Gasteiger partial charge in [0, 0.05) is 31.7 Å². The number of nitrogens with zero attached hydrogens (tertiary/aromatic N) is 2. The minimum Gasteiger partial charge on any atom is -0.497 e. The minimum absolute atomic E-state index is 0.0517. The van der Waals surface area contributed by atoms with Crippen LogP contribution in [0.4, 0.5) is 0 Å². The van der Waals surface area contributed by atoms with Crippen LogP contribution in [0.5, 0.6) is 11.5 Å². The summed E-state index contributed by atoms with van der Waals surface area (Å²) in [7, 11) is 3.51. The summed E-state index contributed by atoms with van der Waals surface area (Å²) in [5.41, 5.74) is 1.67. The molecule has 0 aliphatic carbocycles. The van der Waals surface area contributed by atoms with Crippen LogP contribution in [0.15, 0.2) is 48.5 Å². The number of hydrogen-bond donors (Lipinski definition) is 1. The molecule has 1 heterocycles. The third kappa shape index (κ3) is 7.00. The van der Waals surface area contributed by atoms with Crippen molar-refractivity contribution in [3.63, 3.8) is 0 Å². The molecule has 166 valence electrons. The Labute approximate surface area is 183 Å². The molecule has 31 heavy (non-hydrogen) atoms. The summed E-state index contributed by atoms with van der Waals surface area (Å²) in [5.74, 6) is 1.59. The number of methoxy groups -OCH3 is 1. The fourth-order valence-electron chi connectivity index (χ4n) is 3.44. The van der Waals surface area contributed by atoms with Gasteiger partial charge in [0.1, 0.15) is 18.1 Å². The van der Waals surface area contributed by atoms with Crippen molar-refractivity contribution in [2.75, 3.05) is 46.9 Å². The predicted octanol–water partition coefficient (Wildman–Crippen LogP) is 2.56. The molecule has 0 atom stereocenters. The Kier molecular flexibility index (Phi) is 8.29. The Hall–Kier alpha value is -3.06. The molecule has 0 radical (unpaired) electrons. The zero-order chi connectivity index (χ0) is 22.1. The van der Waals surface area contributed by atoms with Crippen LogP contribution >= 0.6 is 0 Å². The van der Waals surface area contributed by atoms with E-state index in [0.717, 1.165) is 43.0 Å². The van der Waals surface area contributed by atoms with Gasteiger partial charge in [-0.15, -0.1) is 0 Å². The highest BCUT2D eigenvalue weighted by atomic mass is 16.5. The van der Waals surface area contributed by atoms with E-state index in [9.17, 15) is 9.59 Å². The topological polar surface area (TPSA) is 71.1 Å². The summed E-state index contributed by atoms with van der Waals surface area (Å²) in [5, 5.41) is 2.92. The molecular weight excluding hydrogens is 394 g/mol. The molecule has 1 aliphatic rings. The van der Waals surface area contributed by atoms with Crippen LogP contribution in [0.2, 0.25) is 0 Å². The molecule has 3 rings (SSSR count). The normalized spacial score (nSPS) is 13.3. The second-order valence-corrected chi connectivity index (χ2v) is 7.73. The molecule has 7 nitrogen and oxygen atoms in total. The Morgan fingerprint density at radius 3 is 2.29 bits per heavy atom. The number of likely N-dealkylation sites (tertiary alicyclic amines) is 1. The summed E-state index contributed by atoms with van der Waals surface area (Å²) >= 11 is 0. The van der Waals surface area contributed by atoms with E-state index in [0.29, 0.717) is 25.3 Å². The van der Waals surface area contributed by atoms with E-state index in [1.807, 2.05) is 65.4 Å². The van der Waals surface area contributed by atoms with E-state index >= 15 is 0 Å². The summed E-state index contributed by atoms with van der Waals surface area (Å²) in [6.07, 6.45) is 2.16. The number of carbonyl (C=O) groups excluding carboxylic acids is 2. The third-order valence-corrected chi connectivity index (χ3v) is 5.30. The van der Waals surface area contributed by atoms with Crippen molar-refractivity contribution in [3.8, 4) is 11.5 Å². The lowest BCUT2D eigenvalue weighted by Crippen LogP contribution is -2.36. The number of likely N-dealkylation sites (N-methyl/N-ethyl adjacent to an activating group) is 1. The van der Waals surface area contributed by atoms with Gasteiger partial charge in [-0.25, -0.2) is 0 Å². The van der Waals surface area contributed by atoms with Gasteiger partial charge in [-0.3, -0.25) is 14.5 Å². The highest BCUT2D eigenvalue weighted by Crippen LogP contribution is 2.17. The first-order valence-electron chi connectivity index (χ1n) is 10.7. The number of benzene rings is 2. The largest absolute Gasteiger partial charge is 0.497 e. The highest BCUT2D eigenvalue weighted by Gasteiger charge is 2.19. The van der Waals surface area contributed by atoms with Gasteiger partial charge in [-0.2, -0.15) is 0 Å². The molecule has 0 unspecified atom stereocenters. The second kappa shape index (κ2) is 11.4. The van der Waals surface area contributed by atoms with Crippen molar-refractivity contribution in [2.24, 2.45) is 0 Å². The van der Waals surface area contributed by atoms with Gasteiger partial charge >= 0.3 is 0 Å². The van der Waals surface area contributed by atoms with Crippen LogP contribution in [-0.2, 0) is 11.3 Å². The van der Waals surface area contributed by atoms with Crippen LogP contribution in [0, 0.1) is 0 Å². The fraction of sp³-hybridized carbons (Fsp3) is 0.417. The summed E-state index contributed by atoms with van der Waals surface area (Å²) < 4.78 is 10.8. The summed E-state index contributed by atoms with van der Waals surface area (Å²) in [6, 6.07) is 14.9. The number of hydrogen-bond acceptors (Lipinski definition) is 5. The van der Waals surface area contributed by atoms with Crippen molar-refractivity contribution >= 4 is 11.8 Å². The van der Waals surface area contributed by atoms with Crippen molar-refractivity contribution < 1.29 is 19.1 Å². The van der Waals surface area contributed by atoms with Gasteiger partial charge in [0.25, 0.3) is 5.91 Å². The first kappa shape index (κ1) is 22.6. The molecule has 1 fully saturated rings. The lowest BCUT2D eigenvalue weighted by atomic mass is 10.1. The van der Waals surface area contributed by atoms with Crippen molar-refractivity contribution in [1.82, 2.24) is 15.1 Å². The molecule has 0 saturated carbocycles. The smallest absolute Gasteiger partial charge is 0.253 e. The molecule has 1 aliphatic heterocycles. The van der Waals surface area contributed by atoms with E-state index in [2.05, 4.69) is 5.32 Å². The molecular formula is C24H31N3O4. The lowest BCUT2D eigenvalue weighted by Gasteiger charge is -2.17. The van der Waals surface area contributed by atoms with Crippen LogP contribution in [0.25, 0.3) is 0 Å². The zero-order valence-electron chi connectivity index (χ0n) is 18.3. The van der Waals surface area contributed by atoms with Crippen molar-refractivity contribution in [3.05, 3.63) is 59.7 Å². The average molecular weight is 426 g/mol. The van der Waals surface area contributed by atoms with Gasteiger partial charge in [0.2, 0.25) is 5.91 Å². The van der Waals surface area contributed by atoms with Gasteiger partial charge < -0.3 is 19.7 Å². The first-order valence-corrected chi connectivity index (χ1v) is 10.7. The van der Waals surface area contributed by atoms with Crippen molar-refractivity contribution in [1.29, 1.82) is 0 Å². The van der Waals surface area contributed by atoms with Crippen LogP contribution < -0.4 is 14.8 Å². The standard InChI is InChI=1S/C24H31N3O4/c1-26(15-16-31-22-11-9-21(30-2)10-12-22)18-23(28)25-17-19-5-7-20(8-6-19)24(29)27-13-3-4-14-27/h5-12H,3-4,13-18H2,1-2H3,(H,25,28). The molecule has 2 aromatic carbocycles. The van der Waals surface area contributed by atoms with E-state index in [-0.39, 0.29) is 18.4 Å². The van der Waals surface area contributed by atoms with E-state index in [4.69, 9.17) is 9.47 Å². The predicted molar refractivity (Wildman–Crippen MR) is 119 cm³/mol. The Morgan fingerprint density at radius 2 is 1.65 bits per heavy atom. The zero-order valence-corrected chi connectivity index (χ0v) is 18.3. The Morgan fingerprint density at radius 1 is 1.00 bits per heavy atom. The monoisotopic (exact) mass is 425 g/mol. The van der Waals surface area contributed by atoms with Crippen LogP contribution in [-0.4, -0.2) is 68.6 Å². The van der Waals surface area contributed by atoms with E-state index < -0.39 is 0 Å². The second-order valence-electron chi connectivity index (χ2n) is 7.73. The van der Waals surface area contributed by atoms with Crippen molar-refractivity contribution in [2.45, 2.75) is 19.4 Å². The Bertz CT molecular complexity index is 846. The van der Waals surface area contributed by atoms with Gasteiger partial charge in [0.05, 0.1) is 13.7 Å².